The first-order chi connectivity index (χ1) is 7.78. The fourth-order valence-electron chi connectivity index (χ4n) is 1.63. The van der Waals surface area contributed by atoms with Gasteiger partial charge in [0.25, 0.3) is 0 Å². The van der Waals surface area contributed by atoms with Crippen LogP contribution in [0.1, 0.15) is 58.8 Å². The van der Waals surface area contributed by atoms with E-state index >= 15 is 0 Å². The Balaban J connectivity index is 3.88. The van der Waals surface area contributed by atoms with Gasteiger partial charge in [0.1, 0.15) is 6.10 Å². The molecule has 92 valence electrons. The first-order valence-corrected chi connectivity index (χ1v) is 6.52. The quantitative estimate of drug-likeness (QED) is 0.304. The minimum atomic E-state index is -0.0357. The summed E-state index contributed by atoms with van der Waals surface area (Å²) >= 11 is 0. The van der Waals surface area contributed by atoms with Crippen molar-refractivity contribution in [2.24, 2.45) is 0 Å². The Bertz CT molecular complexity index is 202. The third-order valence-corrected chi connectivity index (χ3v) is 2.70. The van der Waals surface area contributed by atoms with E-state index in [0.717, 1.165) is 19.3 Å². The second-order valence-corrected chi connectivity index (χ2v) is 4.20. The molecule has 0 N–H and O–H groups in total. The molecule has 0 heterocycles. The lowest BCUT2D eigenvalue weighted by atomic mass is 10.1. The Labute approximate surface area is 101 Å². The molecule has 2 atom stereocenters. The summed E-state index contributed by atoms with van der Waals surface area (Å²) < 4.78 is 5.84. The predicted octanol–water partition coefficient (Wildman–Crippen LogP) is 4.33. The molecule has 0 aromatic rings. The maximum atomic E-state index is 5.84. The molecule has 0 rings (SSSR count). The zero-order valence-electron chi connectivity index (χ0n) is 10.9. The summed E-state index contributed by atoms with van der Waals surface area (Å²) in [7, 11) is 0. The molecule has 0 saturated carbocycles. The van der Waals surface area contributed by atoms with Gasteiger partial charge >= 0.3 is 0 Å². The lowest BCUT2D eigenvalue weighted by Crippen LogP contribution is -2.19. The van der Waals surface area contributed by atoms with Crippen molar-refractivity contribution in [3.8, 4) is 12.3 Å². The smallest absolute Gasteiger partial charge is 0.118 e. The molecule has 0 aromatic heterocycles. The van der Waals surface area contributed by atoms with Crippen LogP contribution in [0, 0.1) is 12.3 Å². The van der Waals surface area contributed by atoms with Crippen molar-refractivity contribution in [1.29, 1.82) is 0 Å². The van der Waals surface area contributed by atoms with Crippen molar-refractivity contribution in [3.63, 3.8) is 0 Å². The predicted molar refractivity (Wildman–Crippen MR) is 71.4 cm³/mol. The highest BCUT2D eigenvalue weighted by atomic mass is 16.5. The number of hydrogen-bond acceptors (Lipinski definition) is 1. The normalized spacial score (nSPS) is 14.1. The van der Waals surface area contributed by atoms with Gasteiger partial charge < -0.3 is 4.74 Å². The highest BCUT2D eigenvalue weighted by Crippen LogP contribution is 2.13. The maximum Gasteiger partial charge on any atom is 0.118 e. The number of hydrogen-bond donors (Lipinski definition) is 0. The second kappa shape index (κ2) is 10.8. The van der Waals surface area contributed by atoms with E-state index in [2.05, 4.69) is 26.3 Å². The van der Waals surface area contributed by atoms with Crippen LogP contribution in [0.15, 0.2) is 12.7 Å². The zero-order chi connectivity index (χ0) is 12.2. The van der Waals surface area contributed by atoms with Gasteiger partial charge in [0.15, 0.2) is 0 Å². The fraction of sp³-hybridized carbons (Fsp3) is 0.733. The summed E-state index contributed by atoms with van der Waals surface area (Å²) in [6.45, 7) is 8.18. The monoisotopic (exact) mass is 222 g/mol. The van der Waals surface area contributed by atoms with Crippen LogP contribution >= 0.6 is 0 Å². The molecular formula is C15H26O. The number of unbranched alkanes of at least 4 members (excludes halogenated alkanes) is 3. The van der Waals surface area contributed by atoms with Crippen molar-refractivity contribution in [2.75, 3.05) is 0 Å². The molecule has 0 spiro atoms. The van der Waals surface area contributed by atoms with Crippen molar-refractivity contribution in [1.82, 2.24) is 0 Å². The van der Waals surface area contributed by atoms with Gasteiger partial charge in [0.2, 0.25) is 0 Å². The maximum absolute atomic E-state index is 5.84. The third kappa shape index (κ3) is 7.54. The molecule has 0 amide bonds. The van der Waals surface area contributed by atoms with E-state index < -0.39 is 0 Å². The van der Waals surface area contributed by atoms with Gasteiger partial charge in [-0.3, -0.25) is 0 Å². The van der Waals surface area contributed by atoms with Gasteiger partial charge in [-0.05, 0) is 19.3 Å². The standard InChI is InChI=1S/C15H26O/c1-5-9-11-13-15(8-4)16-14(7-3)12-10-6-2/h4,7,14-15H,3,5-6,9-13H2,1-2H3. The van der Waals surface area contributed by atoms with Crippen LogP contribution in [-0.4, -0.2) is 12.2 Å². The van der Waals surface area contributed by atoms with E-state index in [0.29, 0.717) is 0 Å². The Morgan fingerprint density at radius 1 is 1.19 bits per heavy atom. The fourth-order valence-corrected chi connectivity index (χ4v) is 1.63. The summed E-state index contributed by atoms with van der Waals surface area (Å²) in [5.41, 5.74) is 0. The summed E-state index contributed by atoms with van der Waals surface area (Å²) in [5, 5.41) is 0. The Morgan fingerprint density at radius 3 is 2.38 bits per heavy atom. The lowest BCUT2D eigenvalue weighted by Gasteiger charge is -2.18. The SMILES string of the molecule is C#CC(CCCCC)OC(C=C)CCCC. The first-order valence-electron chi connectivity index (χ1n) is 6.52. The van der Waals surface area contributed by atoms with E-state index in [9.17, 15) is 0 Å². The van der Waals surface area contributed by atoms with E-state index in [-0.39, 0.29) is 12.2 Å². The van der Waals surface area contributed by atoms with Crippen LogP contribution < -0.4 is 0 Å². The van der Waals surface area contributed by atoms with Crippen LogP contribution in [0.2, 0.25) is 0 Å². The molecule has 0 radical (unpaired) electrons. The van der Waals surface area contributed by atoms with Crippen LogP contribution in [0.5, 0.6) is 0 Å². The van der Waals surface area contributed by atoms with Crippen LogP contribution in [0.4, 0.5) is 0 Å². The summed E-state index contributed by atoms with van der Waals surface area (Å²) in [4.78, 5) is 0. The van der Waals surface area contributed by atoms with Crippen LogP contribution in [-0.2, 0) is 4.74 Å². The summed E-state index contributed by atoms with van der Waals surface area (Å²) in [6.07, 6.45) is 15.4. The van der Waals surface area contributed by atoms with Crippen molar-refractivity contribution < 1.29 is 4.74 Å². The van der Waals surface area contributed by atoms with E-state index in [4.69, 9.17) is 11.2 Å². The molecule has 0 bridgehead atoms. The first kappa shape index (κ1) is 15.3. The Kier molecular flexibility index (Phi) is 10.3. The van der Waals surface area contributed by atoms with E-state index in [1.807, 2.05) is 6.08 Å². The highest BCUT2D eigenvalue weighted by molar-refractivity contribution is 4.96. The Morgan fingerprint density at radius 2 is 1.88 bits per heavy atom. The van der Waals surface area contributed by atoms with E-state index in [1.165, 1.54) is 25.7 Å². The average molecular weight is 222 g/mol. The number of terminal acetylenes is 1. The second-order valence-electron chi connectivity index (χ2n) is 4.20. The zero-order valence-corrected chi connectivity index (χ0v) is 10.9. The number of rotatable bonds is 10. The summed E-state index contributed by atoms with van der Waals surface area (Å²) in [6, 6.07) is 0. The molecule has 1 nitrogen and oxygen atoms in total. The molecule has 16 heavy (non-hydrogen) atoms. The van der Waals surface area contributed by atoms with Gasteiger partial charge in [-0.1, -0.05) is 51.5 Å². The third-order valence-electron chi connectivity index (χ3n) is 2.70. The van der Waals surface area contributed by atoms with Crippen LogP contribution in [0.25, 0.3) is 0 Å². The average Bonchev–Trinajstić information content (AvgIpc) is 2.32. The topological polar surface area (TPSA) is 9.23 Å². The minimum absolute atomic E-state index is 0.0357. The summed E-state index contributed by atoms with van der Waals surface area (Å²) in [5.74, 6) is 2.73. The molecule has 0 aliphatic rings. The van der Waals surface area contributed by atoms with Crippen molar-refractivity contribution in [2.45, 2.75) is 71.0 Å². The molecule has 0 aliphatic carbocycles. The Hall–Kier alpha value is -0.740. The lowest BCUT2D eigenvalue weighted by molar-refractivity contribution is 0.0355. The van der Waals surface area contributed by atoms with Gasteiger partial charge in [0.05, 0.1) is 6.10 Å². The molecular weight excluding hydrogens is 196 g/mol. The highest BCUT2D eigenvalue weighted by Gasteiger charge is 2.11. The molecule has 2 unspecified atom stereocenters. The number of ether oxygens (including phenoxy) is 1. The van der Waals surface area contributed by atoms with Crippen LogP contribution in [0.3, 0.4) is 0 Å². The van der Waals surface area contributed by atoms with Gasteiger partial charge in [-0.15, -0.1) is 13.0 Å². The van der Waals surface area contributed by atoms with Gasteiger partial charge in [-0.25, -0.2) is 0 Å². The van der Waals surface area contributed by atoms with Crippen molar-refractivity contribution >= 4 is 0 Å². The molecule has 0 aromatic carbocycles. The van der Waals surface area contributed by atoms with E-state index in [1.54, 1.807) is 0 Å². The van der Waals surface area contributed by atoms with Gasteiger partial charge in [0, 0.05) is 0 Å². The molecule has 0 fully saturated rings. The van der Waals surface area contributed by atoms with Crippen molar-refractivity contribution in [3.05, 3.63) is 12.7 Å². The minimum Gasteiger partial charge on any atom is -0.358 e. The molecule has 0 saturated heterocycles. The molecule has 1 heteroatoms. The largest absolute Gasteiger partial charge is 0.358 e. The molecule has 0 aliphatic heterocycles. The van der Waals surface area contributed by atoms with Gasteiger partial charge in [-0.2, -0.15) is 0 Å².